The van der Waals surface area contributed by atoms with Crippen LogP contribution in [0.2, 0.25) is 0 Å². The van der Waals surface area contributed by atoms with E-state index in [-0.39, 0.29) is 11.0 Å². The Morgan fingerprint density at radius 3 is 2.67 bits per heavy atom. The summed E-state index contributed by atoms with van der Waals surface area (Å²) in [6, 6.07) is 10.9. The molecule has 0 bridgehead atoms. The maximum absolute atomic E-state index is 2.62. The highest BCUT2D eigenvalue weighted by Gasteiger charge is 2.60. The molecule has 21 heavy (non-hydrogen) atoms. The first-order valence-electron chi connectivity index (χ1n) is 8.10. The minimum Gasteiger partial charge on any atom is -0.335 e. The lowest BCUT2D eigenvalue weighted by atomic mass is 9.72. The number of hydrogen-bond donors (Lipinski definition) is 0. The van der Waals surface area contributed by atoms with E-state index in [9.17, 15) is 0 Å². The van der Waals surface area contributed by atoms with Crippen LogP contribution in [0.1, 0.15) is 39.5 Å². The zero-order valence-electron chi connectivity index (χ0n) is 13.0. The van der Waals surface area contributed by atoms with Crippen molar-refractivity contribution < 1.29 is 0 Å². The molecule has 2 atom stereocenters. The Morgan fingerprint density at radius 2 is 1.86 bits per heavy atom. The number of rotatable bonds is 1. The fourth-order valence-electron chi connectivity index (χ4n) is 4.68. The van der Waals surface area contributed by atoms with Gasteiger partial charge >= 0.3 is 0 Å². The maximum Gasteiger partial charge on any atom is 0.0517 e. The van der Waals surface area contributed by atoms with Gasteiger partial charge in [0, 0.05) is 16.8 Å². The molecular weight excluding hydrogens is 254 g/mol. The fourth-order valence-corrected chi connectivity index (χ4v) is 4.68. The molecular formula is C20H23N. The van der Waals surface area contributed by atoms with Gasteiger partial charge < -0.3 is 4.90 Å². The fraction of sp³-hybridized carbons (Fsp3) is 0.400. The van der Waals surface area contributed by atoms with Crippen LogP contribution >= 0.6 is 0 Å². The van der Waals surface area contributed by atoms with Gasteiger partial charge in [-0.05, 0) is 43.9 Å². The number of nitrogens with zero attached hydrogens (tertiary/aromatic N) is 1. The molecule has 4 rings (SSSR count). The molecule has 3 aliphatic rings. The topological polar surface area (TPSA) is 3.24 Å². The van der Waals surface area contributed by atoms with Gasteiger partial charge in [-0.25, -0.2) is 0 Å². The van der Waals surface area contributed by atoms with Crippen LogP contribution in [-0.4, -0.2) is 5.54 Å². The normalized spacial score (nSPS) is 34.1. The van der Waals surface area contributed by atoms with E-state index in [4.69, 9.17) is 0 Å². The van der Waals surface area contributed by atoms with Crippen LogP contribution in [0.5, 0.6) is 0 Å². The lowest BCUT2D eigenvalue weighted by Crippen LogP contribution is -2.46. The average Bonchev–Trinajstić information content (AvgIpc) is 2.76. The molecule has 0 aromatic heterocycles. The van der Waals surface area contributed by atoms with Crippen molar-refractivity contribution >= 4 is 5.69 Å². The van der Waals surface area contributed by atoms with Crippen LogP contribution in [0.4, 0.5) is 5.69 Å². The Hall–Kier alpha value is -1.76. The molecule has 2 fully saturated rings. The molecule has 1 saturated heterocycles. The molecule has 108 valence electrons. The number of hydrogen-bond acceptors (Lipinski definition) is 1. The van der Waals surface area contributed by atoms with E-state index in [0.29, 0.717) is 0 Å². The van der Waals surface area contributed by atoms with Gasteiger partial charge in [-0.15, -0.1) is 0 Å². The van der Waals surface area contributed by atoms with Gasteiger partial charge in [-0.2, -0.15) is 0 Å². The molecule has 1 aliphatic heterocycles. The van der Waals surface area contributed by atoms with Crippen LogP contribution in [0.3, 0.4) is 0 Å². The molecule has 1 heterocycles. The molecule has 1 aromatic carbocycles. The van der Waals surface area contributed by atoms with Gasteiger partial charge in [-0.3, -0.25) is 0 Å². The third-order valence-corrected chi connectivity index (χ3v) is 5.99. The summed E-state index contributed by atoms with van der Waals surface area (Å²) in [7, 11) is 0. The van der Waals surface area contributed by atoms with Crippen LogP contribution in [0.15, 0.2) is 65.9 Å². The van der Waals surface area contributed by atoms with Gasteiger partial charge in [0.1, 0.15) is 0 Å². The molecule has 1 saturated carbocycles. The largest absolute Gasteiger partial charge is 0.335 e. The summed E-state index contributed by atoms with van der Waals surface area (Å²) in [5.41, 5.74) is 4.79. The molecule has 2 aliphatic carbocycles. The Balaban J connectivity index is 1.95. The van der Waals surface area contributed by atoms with E-state index in [1.807, 2.05) is 0 Å². The van der Waals surface area contributed by atoms with E-state index in [0.717, 1.165) is 6.42 Å². The highest BCUT2D eigenvalue weighted by atomic mass is 15.3. The van der Waals surface area contributed by atoms with Crippen molar-refractivity contribution in [3.05, 3.63) is 65.9 Å². The number of para-hydroxylation sites is 1. The highest BCUT2D eigenvalue weighted by Crippen LogP contribution is 2.63. The minimum absolute atomic E-state index is 0.206. The van der Waals surface area contributed by atoms with Crippen LogP contribution in [-0.2, 0) is 0 Å². The Morgan fingerprint density at radius 1 is 1.05 bits per heavy atom. The molecule has 1 nitrogen and oxygen atoms in total. The quantitative estimate of drug-likeness (QED) is 0.679. The molecule has 0 radical (unpaired) electrons. The van der Waals surface area contributed by atoms with E-state index in [1.165, 1.54) is 30.6 Å². The van der Waals surface area contributed by atoms with Gasteiger partial charge in [-0.1, -0.05) is 55.8 Å². The van der Waals surface area contributed by atoms with Gasteiger partial charge in [0.2, 0.25) is 0 Å². The summed E-state index contributed by atoms with van der Waals surface area (Å²) in [5.74, 6) is 0. The van der Waals surface area contributed by atoms with E-state index in [1.54, 1.807) is 5.57 Å². The van der Waals surface area contributed by atoms with Crippen molar-refractivity contribution in [2.24, 2.45) is 5.41 Å². The third kappa shape index (κ3) is 1.58. The average molecular weight is 277 g/mol. The second-order valence-corrected chi connectivity index (χ2v) is 6.96. The zero-order valence-corrected chi connectivity index (χ0v) is 13.0. The maximum atomic E-state index is 2.62. The monoisotopic (exact) mass is 277 g/mol. The van der Waals surface area contributed by atoms with Crippen LogP contribution in [0, 0.1) is 5.41 Å². The van der Waals surface area contributed by atoms with Crippen molar-refractivity contribution in [3.63, 3.8) is 0 Å². The first kappa shape index (κ1) is 12.9. The molecule has 0 amide bonds. The van der Waals surface area contributed by atoms with Crippen molar-refractivity contribution in [2.45, 2.75) is 45.1 Å². The van der Waals surface area contributed by atoms with E-state index >= 15 is 0 Å². The molecule has 1 aromatic rings. The summed E-state index contributed by atoms with van der Waals surface area (Å²) >= 11 is 0. The Labute approximate surface area is 127 Å². The lowest BCUT2D eigenvalue weighted by Gasteiger charge is -2.41. The number of anilines is 1. The number of benzene rings is 1. The summed E-state index contributed by atoms with van der Waals surface area (Å²) in [4.78, 5) is 2.62. The zero-order chi connectivity index (χ0) is 14.5. The van der Waals surface area contributed by atoms with Crippen molar-refractivity contribution in [2.75, 3.05) is 4.90 Å². The van der Waals surface area contributed by atoms with Gasteiger partial charge in [0.15, 0.2) is 0 Å². The van der Waals surface area contributed by atoms with E-state index in [2.05, 4.69) is 73.4 Å². The summed E-state index contributed by atoms with van der Waals surface area (Å²) in [5, 5.41) is 0. The van der Waals surface area contributed by atoms with E-state index < -0.39 is 0 Å². The second kappa shape index (κ2) is 4.37. The SMILES string of the molecule is CC12CCCC1(C)N(c1ccccc1)C1=CCC=CC=C12. The number of fused-ring (bicyclic) bond motifs is 3. The number of allylic oxidation sites excluding steroid dienone is 5. The second-order valence-electron chi connectivity index (χ2n) is 6.96. The lowest BCUT2D eigenvalue weighted by molar-refractivity contribution is 0.287. The molecule has 1 heteroatoms. The van der Waals surface area contributed by atoms with Crippen molar-refractivity contribution in [3.8, 4) is 0 Å². The predicted octanol–water partition coefficient (Wildman–Crippen LogP) is 5.23. The Kier molecular flexibility index (Phi) is 2.69. The van der Waals surface area contributed by atoms with Crippen molar-refractivity contribution in [1.82, 2.24) is 0 Å². The highest BCUT2D eigenvalue weighted by molar-refractivity contribution is 5.68. The summed E-state index contributed by atoms with van der Waals surface area (Å²) in [6.07, 6.45) is 14.2. The predicted molar refractivity (Wildman–Crippen MR) is 89.2 cm³/mol. The molecule has 0 N–H and O–H groups in total. The molecule has 0 spiro atoms. The van der Waals surface area contributed by atoms with Crippen LogP contribution in [0.25, 0.3) is 0 Å². The smallest absolute Gasteiger partial charge is 0.0517 e. The van der Waals surface area contributed by atoms with Crippen LogP contribution < -0.4 is 4.90 Å². The third-order valence-electron chi connectivity index (χ3n) is 5.99. The molecule has 2 unspecified atom stereocenters. The van der Waals surface area contributed by atoms with Gasteiger partial charge in [0.05, 0.1) is 5.54 Å². The standard InChI is InChI=1S/C20H23N/c1-19-14-9-15-20(19,2)21(16-10-5-3-6-11-16)18-13-8-4-7-12-17(18)19/h3-7,10-13H,8-9,14-15H2,1-2H3. The summed E-state index contributed by atoms with van der Waals surface area (Å²) in [6.45, 7) is 4.94. The van der Waals surface area contributed by atoms with Crippen molar-refractivity contribution in [1.29, 1.82) is 0 Å². The first-order valence-corrected chi connectivity index (χ1v) is 8.10. The minimum atomic E-state index is 0.206. The Bertz CT molecular complexity index is 652. The first-order chi connectivity index (χ1) is 10.2. The van der Waals surface area contributed by atoms with Gasteiger partial charge in [0.25, 0.3) is 0 Å². The summed E-state index contributed by atoms with van der Waals surface area (Å²) < 4.78 is 0.